The minimum atomic E-state index is -3.61. The van der Waals surface area contributed by atoms with Crippen LogP contribution >= 0.6 is 11.3 Å². The number of nitrogens with one attached hydrogen (secondary N) is 1. The first-order chi connectivity index (χ1) is 11.0. The summed E-state index contributed by atoms with van der Waals surface area (Å²) in [6.07, 6.45) is 2.61. The predicted octanol–water partition coefficient (Wildman–Crippen LogP) is 2.60. The van der Waals surface area contributed by atoms with Gasteiger partial charge < -0.3 is 5.32 Å². The van der Waals surface area contributed by atoms with Crippen molar-refractivity contribution >= 4 is 32.3 Å². The molecule has 1 N–H and O–H groups in total. The smallest absolute Gasteiger partial charge is 0.279 e. The van der Waals surface area contributed by atoms with Crippen LogP contribution in [0.5, 0.6) is 0 Å². The van der Waals surface area contributed by atoms with Crippen LogP contribution in [0, 0.1) is 13.8 Å². The summed E-state index contributed by atoms with van der Waals surface area (Å²) in [6, 6.07) is 5.86. The molecule has 5 nitrogen and oxygen atoms in total. The van der Waals surface area contributed by atoms with Crippen LogP contribution in [0.25, 0.3) is 10.9 Å². The van der Waals surface area contributed by atoms with Crippen molar-refractivity contribution in [2.75, 3.05) is 6.54 Å². The molecular weight excluding hydrogens is 330 g/mol. The second-order valence-corrected chi connectivity index (χ2v) is 9.01. The Hall–Kier alpha value is -1.70. The van der Waals surface area contributed by atoms with Gasteiger partial charge in [0.05, 0.1) is 16.2 Å². The fraction of sp³-hybridized carbons (Fsp3) is 0.312. The molecule has 4 rings (SSSR count). The topological polar surface area (TPSA) is 64.0 Å². The Morgan fingerprint density at radius 1 is 1.26 bits per heavy atom. The Bertz CT molecular complexity index is 1020. The molecule has 0 fully saturated rings. The Balaban J connectivity index is 2.02. The van der Waals surface area contributed by atoms with Crippen molar-refractivity contribution in [3.05, 3.63) is 46.2 Å². The van der Waals surface area contributed by atoms with Crippen molar-refractivity contribution in [3.8, 4) is 0 Å². The first kappa shape index (κ1) is 14.9. The Morgan fingerprint density at radius 2 is 2.09 bits per heavy atom. The van der Waals surface area contributed by atoms with Crippen LogP contribution < -0.4 is 5.32 Å². The summed E-state index contributed by atoms with van der Waals surface area (Å²) in [4.78, 5) is 4.27. The average molecular weight is 347 g/mol. The summed E-state index contributed by atoms with van der Waals surface area (Å²) in [5.74, 6) is 0. The van der Waals surface area contributed by atoms with E-state index in [0.29, 0.717) is 9.90 Å². The Kier molecular flexibility index (Phi) is 3.33. The maximum Gasteiger partial charge on any atom is 0.279 e. The summed E-state index contributed by atoms with van der Waals surface area (Å²) < 4.78 is 28.1. The average Bonchev–Trinajstić information content (AvgIpc) is 2.97. The van der Waals surface area contributed by atoms with Crippen LogP contribution in [-0.2, 0) is 23.0 Å². The molecule has 23 heavy (non-hydrogen) atoms. The molecular formula is C16H17N3O2S2. The molecule has 0 aliphatic carbocycles. The molecule has 0 radical (unpaired) electrons. The minimum absolute atomic E-state index is 0.332. The van der Waals surface area contributed by atoms with E-state index in [1.807, 2.05) is 19.1 Å². The van der Waals surface area contributed by atoms with Crippen molar-refractivity contribution < 1.29 is 8.42 Å². The fourth-order valence-electron chi connectivity index (χ4n) is 3.24. The highest BCUT2D eigenvalue weighted by atomic mass is 32.2. The third-order valence-corrected chi connectivity index (χ3v) is 7.53. The fourth-order valence-corrected chi connectivity index (χ4v) is 6.18. The Morgan fingerprint density at radius 3 is 2.83 bits per heavy atom. The molecule has 1 aliphatic rings. The SMILES string of the molecule is Cc1nc(C)c(S(=O)(=O)n2cc3c4c(cccc42)CNCC3)s1. The van der Waals surface area contributed by atoms with E-state index in [4.69, 9.17) is 0 Å². The third-order valence-electron chi connectivity index (χ3n) is 4.20. The molecule has 0 spiro atoms. The number of thiazole rings is 1. The summed E-state index contributed by atoms with van der Waals surface area (Å²) in [5.41, 5.74) is 3.57. The number of rotatable bonds is 2. The van der Waals surface area contributed by atoms with Gasteiger partial charge in [-0.1, -0.05) is 12.1 Å². The van der Waals surface area contributed by atoms with Gasteiger partial charge in [0.1, 0.15) is 0 Å². The highest BCUT2D eigenvalue weighted by Gasteiger charge is 2.27. The van der Waals surface area contributed by atoms with Crippen molar-refractivity contribution in [2.45, 2.75) is 31.0 Å². The van der Waals surface area contributed by atoms with Crippen molar-refractivity contribution in [3.63, 3.8) is 0 Å². The number of aryl methyl sites for hydroxylation is 2. The van der Waals surface area contributed by atoms with Gasteiger partial charge in [-0.15, -0.1) is 11.3 Å². The lowest BCUT2D eigenvalue weighted by Gasteiger charge is -2.08. The highest BCUT2D eigenvalue weighted by molar-refractivity contribution is 7.92. The van der Waals surface area contributed by atoms with Crippen molar-refractivity contribution in [1.29, 1.82) is 0 Å². The number of hydrogen-bond acceptors (Lipinski definition) is 5. The quantitative estimate of drug-likeness (QED) is 0.774. The van der Waals surface area contributed by atoms with Crippen LogP contribution in [0.3, 0.4) is 0 Å². The largest absolute Gasteiger partial charge is 0.312 e. The zero-order valence-electron chi connectivity index (χ0n) is 13.0. The van der Waals surface area contributed by atoms with E-state index in [1.54, 1.807) is 13.1 Å². The van der Waals surface area contributed by atoms with Crippen LogP contribution in [0.15, 0.2) is 28.6 Å². The van der Waals surface area contributed by atoms with Crippen molar-refractivity contribution in [1.82, 2.24) is 14.3 Å². The van der Waals surface area contributed by atoms with Gasteiger partial charge in [-0.2, -0.15) is 8.42 Å². The monoisotopic (exact) mass is 347 g/mol. The van der Waals surface area contributed by atoms with E-state index in [1.165, 1.54) is 15.3 Å². The van der Waals surface area contributed by atoms with Crippen LogP contribution in [0.2, 0.25) is 0 Å². The molecule has 1 aromatic carbocycles. The maximum absolute atomic E-state index is 13.1. The zero-order chi connectivity index (χ0) is 16.2. The van der Waals surface area contributed by atoms with Gasteiger partial charge in [0, 0.05) is 18.1 Å². The van der Waals surface area contributed by atoms with Gasteiger partial charge in [-0.05, 0) is 44.0 Å². The van der Waals surface area contributed by atoms with Crippen molar-refractivity contribution in [2.24, 2.45) is 0 Å². The molecule has 120 valence electrons. The van der Waals surface area contributed by atoms with E-state index < -0.39 is 10.0 Å². The van der Waals surface area contributed by atoms with Crippen LogP contribution in [-0.4, -0.2) is 23.9 Å². The molecule has 0 amide bonds. The second kappa shape index (κ2) is 5.15. The van der Waals surface area contributed by atoms with Gasteiger partial charge in [-0.25, -0.2) is 8.96 Å². The summed E-state index contributed by atoms with van der Waals surface area (Å²) >= 11 is 1.23. The van der Waals surface area contributed by atoms with Crippen LogP contribution in [0.1, 0.15) is 21.8 Å². The van der Waals surface area contributed by atoms with Crippen LogP contribution in [0.4, 0.5) is 0 Å². The molecule has 0 saturated heterocycles. The molecule has 7 heteroatoms. The van der Waals surface area contributed by atoms with E-state index >= 15 is 0 Å². The van der Waals surface area contributed by atoms with E-state index in [-0.39, 0.29) is 0 Å². The van der Waals surface area contributed by atoms with Gasteiger partial charge in [-0.3, -0.25) is 0 Å². The second-order valence-electron chi connectivity index (χ2n) is 5.80. The first-order valence-corrected chi connectivity index (χ1v) is 9.76. The van der Waals surface area contributed by atoms with Gasteiger partial charge >= 0.3 is 0 Å². The first-order valence-electron chi connectivity index (χ1n) is 7.50. The third kappa shape index (κ3) is 2.22. The molecule has 1 aliphatic heterocycles. The predicted molar refractivity (Wildman–Crippen MR) is 91.5 cm³/mol. The summed E-state index contributed by atoms with van der Waals surface area (Å²) in [7, 11) is -3.61. The van der Waals surface area contributed by atoms with E-state index in [9.17, 15) is 8.42 Å². The minimum Gasteiger partial charge on any atom is -0.312 e. The van der Waals surface area contributed by atoms with Gasteiger partial charge in [0.15, 0.2) is 4.21 Å². The van der Waals surface area contributed by atoms with Gasteiger partial charge in [0.25, 0.3) is 10.0 Å². The van der Waals surface area contributed by atoms with E-state index in [2.05, 4.69) is 16.4 Å². The normalized spacial score (nSPS) is 15.0. The maximum atomic E-state index is 13.1. The lowest BCUT2D eigenvalue weighted by atomic mass is 10.1. The number of benzene rings is 1. The Labute approximate surface area is 139 Å². The summed E-state index contributed by atoms with van der Waals surface area (Å²) in [6.45, 7) is 5.21. The molecule has 3 aromatic rings. The molecule has 0 bridgehead atoms. The van der Waals surface area contributed by atoms with Gasteiger partial charge in [0.2, 0.25) is 0 Å². The molecule has 2 aromatic heterocycles. The number of aromatic nitrogens is 2. The number of nitrogens with zero attached hydrogens (tertiary/aromatic N) is 2. The van der Waals surface area contributed by atoms with E-state index in [0.717, 1.165) is 46.5 Å². The molecule has 3 heterocycles. The zero-order valence-corrected chi connectivity index (χ0v) is 14.6. The number of hydrogen-bond donors (Lipinski definition) is 1. The highest BCUT2D eigenvalue weighted by Crippen LogP contribution is 2.32. The standard InChI is InChI=1S/C16H17N3O2S2/c1-10-16(22-11(2)18-10)23(20,21)19-9-13-6-7-17-8-12-4-3-5-14(19)15(12)13/h3-5,9,17H,6-8H2,1-2H3. The molecule has 0 atom stereocenters. The lowest BCUT2D eigenvalue weighted by molar-refractivity contribution is 0.590. The molecule has 0 saturated carbocycles. The molecule has 0 unspecified atom stereocenters. The summed E-state index contributed by atoms with van der Waals surface area (Å²) in [5, 5.41) is 5.21. The lowest BCUT2D eigenvalue weighted by Crippen LogP contribution is -2.15.